The van der Waals surface area contributed by atoms with Gasteiger partial charge in [-0.3, -0.25) is 4.90 Å². The van der Waals surface area contributed by atoms with Gasteiger partial charge in [-0.25, -0.2) is 9.50 Å². The molecular weight excluding hydrogens is 270 g/mol. The van der Waals surface area contributed by atoms with Crippen LogP contribution in [0.3, 0.4) is 0 Å². The Kier molecular flexibility index (Phi) is 2.90. The van der Waals surface area contributed by atoms with Crippen molar-refractivity contribution in [2.24, 2.45) is 0 Å². The van der Waals surface area contributed by atoms with Crippen LogP contribution in [0.25, 0.3) is 17.1 Å². The minimum absolute atomic E-state index is 0.131. The first-order valence-electron chi connectivity index (χ1n) is 6.86. The highest BCUT2D eigenvalue weighted by atomic mass is 16.5. The molecule has 0 amide bonds. The van der Waals surface area contributed by atoms with Gasteiger partial charge < -0.3 is 9.84 Å². The van der Waals surface area contributed by atoms with Gasteiger partial charge in [-0.05, 0) is 13.1 Å². The topological polar surface area (TPSA) is 84.4 Å². The predicted molar refractivity (Wildman–Crippen MR) is 74.5 cm³/mol. The first-order valence-corrected chi connectivity index (χ1v) is 6.86. The van der Waals surface area contributed by atoms with Gasteiger partial charge in [-0.1, -0.05) is 5.16 Å². The average molecular weight is 285 g/mol. The monoisotopic (exact) mass is 285 g/mol. The maximum atomic E-state index is 5.41. The van der Waals surface area contributed by atoms with Crippen LogP contribution >= 0.6 is 0 Å². The standard InChI is InChI=1S/C13H15N7O/c1-19-6-4-14-8-10(19)11-17-13(21-18-11)9-7-16-20-5-2-3-15-12(9)20/h2-3,5,7,10,14H,4,6,8H2,1H3. The molecular formula is C13H15N7O. The quantitative estimate of drug-likeness (QED) is 0.727. The van der Waals surface area contributed by atoms with E-state index in [1.807, 2.05) is 12.3 Å². The lowest BCUT2D eigenvalue weighted by Crippen LogP contribution is -2.44. The molecule has 21 heavy (non-hydrogen) atoms. The molecule has 1 aliphatic rings. The van der Waals surface area contributed by atoms with Crippen molar-refractivity contribution in [2.45, 2.75) is 6.04 Å². The molecule has 0 saturated carbocycles. The lowest BCUT2D eigenvalue weighted by Gasteiger charge is -2.30. The summed E-state index contributed by atoms with van der Waals surface area (Å²) in [6.45, 7) is 2.77. The van der Waals surface area contributed by atoms with E-state index in [-0.39, 0.29) is 6.04 Å². The minimum Gasteiger partial charge on any atom is -0.334 e. The Bertz CT molecular complexity index is 765. The van der Waals surface area contributed by atoms with Crippen molar-refractivity contribution >= 4 is 5.65 Å². The summed E-state index contributed by atoms with van der Waals surface area (Å²) in [5.74, 6) is 1.15. The second kappa shape index (κ2) is 4.90. The summed E-state index contributed by atoms with van der Waals surface area (Å²) in [6.07, 6.45) is 5.25. The molecule has 1 aliphatic heterocycles. The molecule has 1 saturated heterocycles. The highest BCUT2D eigenvalue weighted by Gasteiger charge is 2.26. The number of hydrogen-bond acceptors (Lipinski definition) is 7. The minimum atomic E-state index is 0.131. The number of nitrogens with zero attached hydrogens (tertiary/aromatic N) is 6. The van der Waals surface area contributed by atoms with E-state index in [1.165, 1.54) is 0 Å². The number of nitrogens with one attached hydrogen (secondary N) is 1. The molecule has 8 nitrogen and oxygen atoms in total. The van der Waals surface area contributed by atoms with E-state index in [2.05, 4.69) is 37.5 Å². The Balaban J connectivity index is 1.71. The third-order valence-corrected chi connectivity index (χ3v) is 3.76. The molecule has 0 aromatic carbocycles. The first kappa shape index (κ1) is 12.4. The molecule has 0 aliphatic carbocycles. The van der Waals surface area contributed by atoms with E-state index in [1.54, 1.807) is 16.9 Å². The molecule has 4 rings (SSSR count). The van der Waals surface area contributed by atoms with Crippen molar-refractivity contribution in [1.29, 1.82) is 0 Å². The number of aromatic nitrogens is 5. The lowest BCUT2D eigenvalue weighted by atomic mass is 10.2. The van der Waals surface area contributed by atoms with Crippen LogP contribution in [0.2, 0.25) is 0 Å². The summed E-state index contributed by atoms with van der Waals surface area (Å²) in [5.41, 5.74) is 1.46. The molecule has 108 valence electrons. The molecule has 1 N–H and O–H groups in total. The number of rotatable bonds is 2. The van der Waals surface area contributed by atoms with E-state index in [9.17, 15) is 0 Å². The summed E-state index contributed by atoms with van der Waals surface area (Å²) in [6, 6.07) is 1.96. The number of likely N-dealkylation sites (N-methyl/N-ethyl adjacent to an activating group) is 1. The van der Waals surface area contributed by atoms with Crippen LogP contribution in [0.5, 0.6) is 0 Å². The van der Waals surface area contributed by atoms with Gasteiger partial charge in [0.15, 0.2) is 11.5 Å². The fraction of sp³-hybridized carbons (Fsp3) is 0.385. The number of piperazine rings is 1. The smallest absolute Gasteiger partial charge is 0.263 e. The normalized spacial score (nSPS) is 20.1. The van der Waals surface area contributed by atoms with Gasteiger partial charge in [0, 0.05) is 32.0 Å². The van der Waals surface area contributed by atoms with Gasteiger partial charge in [0.2, 0.25) is 0 Å². The number of fused-ring (bicyclic) bond motifs is 1. The Labute approximate surface area is 120 Å². The fourth-order valence-corrected chi connectivity index (χ4v) is 2.55. The van der Waals surface area contributed by atoms with Crippen LogP contribution in [0.4, 0.5) is 0 Å². The van der Waals surface area contributed by atoms with Crippen LogP contribution in [-0.2, 0) is 0 Å². The second-order valence-corrected chi connectivity index (χ2v) is 5.10. The van der Waals surface area contributed by atoms with Crippen LogP contribution < -0.4 is 5.32 Å². The molecule has 0 bridgehead atoms. The van der Waals surface area contributed by atoms with Crippen molar-refractivity contribution < 1.29 is 4.52 Å². The highest BCUT2D eigenvalue weighted by Crippen LogP contribution is 2.24. The molecule has 0 spiro atoms. The summed E-state index contributed by atoms with van der Waals surface area (Å²) >= 11 is 0. The Morgan fingerprint density at radius 3 is 3.29 bits per heavy atom. The predicted octanol–water partition coefficient (Wildman–Crippen LogP) is 0.355. The van der Waals surface area contributed by atoms with Crippen molar-refractivity contribution in [1.82, 2.24) is 35.0 Å². The van der Waals surface area contributed by atoms with Crippen LogP contribution in [0.15, 0.2) is 29.2 Å². The molecule has 0 radical (unpaired) electrons. The van der Waals surface area contributed by atoms with E-state index in [0.717, 1.165) is 25.2 Å². The van der Waals surface area contributed by atoms with Gasteiger partial charge in [-0.15, -0.1) is 0 Å². The summed E-state index contributed by atoms with van der Waals surface area (Å²) < 4.78 is 7.10. The SMILES string of the molecule is CN1CCNCC1c1noc(-c2cnn3cccnc23)n1. The van der Waals surface area contributed by atoms with Gasteiger partial charge in [0.25, 0.3) is 5.89 Å². The van der Waals surface area contributed by atoms with Crippen molar-refractivity contribution in [3.8, 4) is 11.5 Å². The zero-order valence-corrected chi connectivity index (χ0v) is 11.6. The van der Waals surface area contributed by atoms with Crippen molar-refractivity contribution in [3.63, 3.8) is 0 Å². The second-order valence-electron chi connectivity index (χ2n) is 5.10. The lowest BCUT2D eigenvalue weighted by molar-refractivity contribution is 0.190. The van der Waals surface area contributed by atoms with Crippen molar-refractivity contribution in [2.75, 3.05) is 26.7 Å². The van der Waals surface area contributed by atoms with Crippen LogP contribution in [0.1, 0.15) is 11.9 Å². The Morgan fingerprint density at radius 2 is 2.38 bits per heavy atom. The highest BCUT2D eigenvalue weighted by molar-refractivity contribution is 5.70. The molecule has 1 atom stereocenters. The van der Waals surface area contributed by atoms with E-state index in [0.29, 0.717) is 17.4 Å². The molecule has 4 heterocycles. The van der Waals surface area contributed by atoms with Gasteiger partial charge in [0.1, 0.15) is 5.56 Å². The zero-order valence-electron chi connectivity index (χ0n) is 11.6. The first-order chi connectivity index (χ1) is 10.3. The van der Waals surface area contributed by atoms with E-state index < -0.39 is 0 Å². The van der Waals surface area contributed by atoms with Gasteiger partial charge in [0.05, 0.1) is 12.2 Å². The van der Waals surface area contributed by atoms with Gasteiger partial charge >= 0.3 is 0 Å². The molecule has 8 heteroatoms. The van der Waals surface area contributed by atoms with Crippen LogP contribution in [-0.4, -0.2) is 56.3 Å². The van der Waals surface area contributed by atoms with E-state index >= 15 is 0 Å². The Hall–Kier alpha value is -2.32. The summed E-state index contributed by atoms with van der Waals surface area (Å²) in [4.78, 5) is 11.1. The maximum Gasteiger partial charge on any atom is 0.263 e. The summed E-state index contributed by atoms with van der Waals surface area (Å²) in [7, 11) is 2.07. The molecule has 1 unspecified atom stereocenters. The maximum absolute atomic E-state index is 5.41. The third kappa shape index (κ3) is 2.08. The Morgan fingerprint density at radius 1 is 1.43 bits per heavy atom. The third-order valence-electron chi connectivity index (χ3n) is 3.76. The molecule has 1 fully saturated rings. The summed E-state index contributed by atoms with van der Waals surface area (Å²) in [5, 5.41) is 11.7. The zero-order chi connectivity index (χ0) is 14.2. The molecule has 3 aromatic heterocycles. The largest absolute Gasteiger partial charge is 0.334 e. The average Bonchev–Trinajstić information content (AvgIpc) is 3.14. The molecule has 3 aromatic rings. The van der Waals surface area contributed by atoms with Crippen molar-refractivity contribution in [3.05, 3.63) is 30.5 Å². The van der Waals surface area contributed by atoms with E-state index in [4.69, 9.17) is 4.52 Å². The number of hydrogen-bond donors (Lipinski definition) is 1. The van der Waals surface area contributed by atoms with Crippen LogP contribution in [0, 0.1) is 0 Å². The fourth-order valence-electron chi connectivity index (χ4n) is 2.55. The van der Waals surface area contributed by atoms with Gasteiger partial charge in [-0.2, -0.15) is 10.1 Å².